The highest BCUT2D eigenvalue weighted by Crippen LogP contribution is 2.03. The zero-order valence-corrected chi connectivity index (χ0v) is 6.74. The van der Waals surface area contributed by atoms with E-state index in [2.05, 4.69) is 20.1 Å². The van der Waals surface area contributed by atoms with Crippen molar-refractivity contribution < 1.29 is 9.90 Å². The minimum absolute atomic E-state index is 0.179. The smallest absolute Gasteiger partial charge is 0.312 e. The summed E-state index contributed by atoms with van der Waals surface area (Å²) in [5.41, 5.74) is 15.9. The molecule has 0 heterocycles. The lowest BCUT2D eigenvalue weighted by molar-refractivity contribution is -0.138. The van der Waals surface area contributed by atoms with Gasteiger partial charge in [0.15, 0.2) is 0 Å². The number of aliphatic carboxylic acids is 1. The molecular formula is C5H8N6O2. The average molecular weight is 184 g/mol. The second kappa shape index (κ2) is 6.78. The Labute approximate surface area is 73.4 Å². The Bertz CT molecular complexity index is 262. The van der Waals surface area contributed by atoms with Crippen molar-refractivity contribution in [2.45, 2.75) is 18.9 Å². The van der Waals surface area contributed by atoms with Crippen LogP contribution in [0.3, 0.4) is 0 Å². The van der Waals surface area contributed by atoms with Crippen LogP contribution in [0.15, 0.2) is 10.2 Å². The Morgan fingerprint density at radius 3 is 2.62 bits per heavy atom. The number of hydrogen-bond donors (Lipinski definition) is 1. The molecule has 8 heteroatoms. The number of carboxylic acids is 1. The van der Waals surface area contributed by atoms with Gasteiger partial charge in [0.25, 0.3) is 0 Å². The molecule has 13 heavy (non-hydrogen) atoms. The number of azide groups is 2. The van der Waals surface area contributed by atoms with E-state index in [9.17, 15) is 4.79 Å². The molecule has 0 saturated heterocycles. The standard InChI is InChI=1S/C5H8N6O2/c6-10-8-3-1-2-4(5(12)13)9-11-7/h4H,1-3H2,(H,12,13). The van der Waals surface area contributed by atoms with Crippen LogP contribution in [-0.2, 0) is 4.79 Å². The molecule has 0 aromatic heterocycles. The highest BCUT2D eigenvalue weighted by Gasteiger charge is 2.13. The summed E-state index contributed by atoms with van der Waals surface area (Å²) in [7, 11) is 0. The molecule has 0 aromatic carbocycles. The van der Waals surface area contributed by atoms with E-state index < -0.39 is 12.0 Å². The Morgan fingerprint density at radius 2 is 2.15 bits per heavy atom. The van der Waals surface area contributed by atoms with Crippen LogP contribution in [0.4, 0.5) is 0 Å². The quantitative estimate of drug-likeness (QED) is 0.291. The van der Waals surface area contributed by atoms with Gasteiger partial charge in [-0.05, 0) is 23.9 Å². The van der Waals surface area contributed by atoms with Crippen molar-refractivity contribution in [2.24, 2.45) is 10.2 Å². The Morgan fingerprint density at radius 1 is 1.46 bits per heavy atom. The van der Waals surface area contributed by atoms with Gasteiger partial charge in [-0.15, -0.1) is 0 Å². The molecule has 0 spiro atoms. The third-order valence-electron chi connectivity index (χ3n) is 1.28. The summed E-state index contributed by atoms with van der Waals surface area (Å²) in [5.74, 6) is -1.17. The lowest BCUT2D eigenvalue weighted by atomic mass is 10.2. The highest BCUT2D eigenvalue weighted by atomic mass is 16.4. The van der Waals surface area contributed by atoms with Gasteiger partial charge in [0, 0.05) is 16.4 Å². The lowest BCUT2D eigenvalue weighted by Gasteiger charge is -2.02. The second-order valence-electron chi connectivity index (χ2n) is 2.16. The van der Waals surface area contributed by atoms with E-state index in [-0.39, 0.29) is 13.0 Å². The lowest BCUT2D eigenvalue weighted by Crippen LogP contribution is -2.17. The molecule has 8 nitrogen and oxygen atoms in total. The molecule has 1 N–H and O–H groups in total. The van der Waals surface area contributed by atoms with Crippen LogP contribution in [0.25, 0.3) is 20.9 Å². The zero-order chi connectivity index (χ0) is 10.1. The van der Waals surface area contributed by atoms with Crippen molar-refractivity contribution >= 4 is 5.97 Å². The molecule has 0 aromatic rings. The number of carboxylic acid groups (broad SMARTS) is 1. The van der Waals surface area contributed by atoms with E-state index in [1.54, 1.807) is 0 Å². The summed E-state index contributed by atoms with van der Waals surface area (Å²) < 4.78 is 0. The predicted molar refractivity (Wildman–Crippen MR) is 43.8 cm³/mol. The van der Waals surface area contributed by atoms with Crippen LogP contribution in [0.2, 0.25) is 0 Å². The number of rotatable bonds is 6. The topological polar surface area (TPSA) is 135 Å². The van der Waals surface area contributed by atoms with Gasteiger partial charge in [-0.2, -0.15) is 0 Å². The summed E-state index contributed by atoms with van der Waals surface area (Å²) >= 11 is 0. The van der Waals surface area contributed by atoms with Gasteiger partial charge in [-0.25, -0.2) is 0 Å². The highest BCUT2D eigenvalue weighted by molar-refractivity contribution is 5.73. The fourth-order valence-electron chi connectivity index (χ4n) is 0.693. The summed E-state index contributed by atoms with van der Waals surface area (Å²) in [4.78, 5) is 15.3. The Kier molecular flexibility index (Phi) is 5.78. The van der Waals surface area contributed by atoms with E-state index in [1.165, 1.54) is 0 Å². The van der Waals surface area contributed by atoms with Gasteiger partial charge >= 0.3 is 5.97 Å². The molecular weight excluding hydrogens is 176 g/mol. The van der Waals surface area contributed by atoms with Crippen LogP contribution in [0.5, 0.6) is 0 Å². The van der Waals surface area contributed by atoms with Gasteiger partial charge in [0.2, 0.25) is 0 Å². The molecule has 0 radical (unpaired) electrons. The fourth-order valence-corrected chi connectivity index (χ4v) is 0.693. The van der Waals surface area contributed by atoms with Crippen molar-refractivity contribution in [1.29, 1.82) is 0 Å². The maximum atomic E-state index is 10.4. The molecule has 1 unspecified atom stereocenters. The first-order valence-electron chi connectivity index (χ1n) is 3.50. The van der Waals surface area contributed by atoms with Gasteiger partial charge in [-0.1, -0.05) is 10.2 Å². The largest absolute Gasteiger partial charge is 0.481 e. The molecule has 0 aliphatic carbocycles. The normalized spacial score (nSPS) is 10.8. The summed E-state index contributed by atoms with van der Waals surface area (Å²) in [5, 5.41) is 14.8. The molecule has 0 bridgehead atoms. The minimum Gasteiger partial charge on any atom is -0.481 e. The number of hydrogen-bond acceptors (Lipinski definition) is 3. The van der Waals surface area contributed by atoms with Crippen molar-refractivity contribution in [3.8, 4) is 0 Å². The van der Waals surface area contributed by atoms with Crippen LogP contribution in [0, 0.1) is 0 Å². The zero-order valence-electron chi connectivity index (χ0n) is 6.74. The van der Waals surface area contributed by atoms with E-state index >= 15 is 0 Å². The van der Waals surface area contributed by atoms with E-state index in [0.29, 0.717) is 6.42 Å². The van der Waals surface area contributed by atoms with Crippen LogP contribution < -0.4 is 0 Å². The maximum absolute atomic E-state index is 10.4. The fraction of sp³-hybridized carbons (Fsp3) is 0.800. The summed E-state index contributed by atoms with van der Waals surface area (Å²) in [6.07, 6.45) is 0.568. The van der Waals surface area contributed by atoms with Crippen LogP contribution in [0.1, 0.15) is 12.8 Å². The van der Waals surface area contributed by atoms with Crippen molar-refractivity contribution in [1.82, 2.24) is 0 Å². The molecule has 0 aliphatic heterocycles. The monoisotopic (exact) mass is 184 g/mol. The minimum atomic E-state index is -1.17. The maximum Gasteiger partial charge on any atom is 0.312 e. The second-order valence-corrected chi connectivity index (χ2v) is 2.16. The van der Waals surface area contributed by atoms with Gasteiger partial charge in [0.1, 0.15) is 6.04 Å². The molecule has 0 amide bonds. The SMILES string of the molecule is [N-]=[N+]=NCCCC(N=[N+]=[N-])C(=O)O. The number of carbonyl (C=O) groups is 1. The first kappa shape index (κ1) is 11.1. The van der Waals surface area contributed by atoms with Crippen LogP contribution >= 0.6 is 0 Å². The van der Waals surface area contributed by atoms with Gasteiger partial charge in [0.05, 0.1) is 0 Å². The van der Waals surface area contributed by atoms with Crippen molar-refractivity contribution in [2.75, 3.05) is 6.54 Å². The Balaban J connectivity index is 3.89. The Hall–Kier alpha value is -1.91. The predicted octanol–water partition coefficient (Wildman–Crippen LogP) is 1.84. The van der Waals surface area contributed by atoms with Crippen LogP contribution in [-0.4, -0.2) is 23.7 Å². The van der Waals surface area contributed by atoms with Gasteiger partial charge in [-0.3, -0.25) is 4.79 Å². The summed E-state index contributed by atoms with van der Waals surface area (Å²) in [6.45, 7) is 0.210. The molecule has 70 valence electrons. The van der Waals surface area contributed by atoms with Crippen molar-refractivity contribution in [3.63, 3.8) is 0 Å². The number of nitrogens with zero attached hydrogens (tertiary/aromatic N) is 6. The van der Waals surface area contributed by atoms with Gasteiger partial charge < -0.3 is 5.11 Å². The molecule has 0 fully saturated rings. The summed E-state index contributed by atoms with van der Waals surface area (Å²) in [6, 6.07) is -1.07. The molecule has 0 aliphatic rings. The van der Waals surface area contributed by atoms with E-state index in [0.717, 1.165) is 0 Å². The third-order valence-corrected chi connectivity index (χ3v) is 1.28. The average Bonchev–Trinajstić information content (AvgIpc) is 2.10. The first-order valence-corrected chi connectivity index (χ1v) is 3.50. The van der Waals surface area contributed by atoms with E-state index in [4.69, 9.17) is 16.2 Å². The third kappa shape index (κ3) is 5.37. The molecule has 0 rings (SSSR count). The molecule has 0 saturated carbocycles. The molecule has 1 atom stereocenters. The van der Waals surface area contributed by atoms with Crippen molar-refractivity contribution in [3.05, 3.63) is 20.9 Å². The first-order chi connectivity index (χ1) is 6.22. The van der Waals surface area contributed by atoms with E-state index in [1.807, 2.05) is 0 Å².